The minimum atomic E-state index is -0.386. The summed E-state index contributed by atoms with van der Waals surface area (Å²) < 4.78 is 1.85. The van der Waals surface area contributed by atoms with Crippen LogP contribution in [0.15, 0.2) is 42.5 Å². The molecule has 0 aliphatic rings. The first kappa shape index (κ1) is 22.4. The minimum Gasteiger partial charge on any atom is -0.331 e. The average Bonchev–Trinajstić information content (AvgIpc) is 3.04. The number of nitrogens with zero attached hydrogens (tertiary/aromatic N) is 2. The number of anilines is 1. The number of rotatable bonds is 7. The monoisotopic (exact) mass is 439 g/mol. The fourth-order valence-corrected chi connectivity index (χ4v) is 3.71. The lowest BCUT2D eigenvalue weighted by atomic mass is 10.1. The number of imidazole rings is 1. The topological polar surface area (TPSA) is 105 Å². The van der Waals surface area contributed by atoms with Crippen LogP contribution in [0.25, 0.3) is 11.0 Å². The zero-order chi connectivity index (χ0) is 22.4. The van der Waals surface area contributed by atoms with Crippen molar-refractivity contribution in [2.75, 3.05) is 16.8 Å². The molecule has 9 heteroatoms. The lowest BCUT2D eigenvalue weighted by molar-refractivity contribution is -0.127. The van der Waals surface area contributed by atoms with Gasteiger partial charge in [0.25, 0.3) is 0 Å². The first-order chi connectivity index (χ1) is 14.8. The number of benzene rings is 2. The lowest BCUT2D eigenvalue weighted by Crippen LogP contribution is -2.43. The Morgan fingerprint density at radius 1 is 0.968 bits per heavy atom. The largest absolute Gasteiger partial charge is 0.331 e. The summed E-state index contributed by atoms with van der Waals surface area (Å²) >= 11 is 1.17. The Labute approximate surface area is 184 Å². The molecular weight excluding hydrogens is 414 g/mol. The van der Waals surface area contributed by atoms with Crippen molar-refractivity contribution >= 4 is 46.2 Å². The molecule has 0 bridgehead atoms. The van der Waals surface area contributed by atoms with Gasteiger partial charge in [0.15, 0.2) is 0 Å². The second kappa shape index (κ2) is 10.1. The van der Waals surface area contributed by atoms with Crippen LogP contribution in [-0.2, 0) is 27.9 Å². The lowest BCUT2D eigenvalue weighted by Gasteiger charge is -2.09. The summed E-state index contributed by atoms with van der Waals surface area (Å²) in [4.78, 5) is 40.6. The number of aromatic nitrogens is 2. The van der Waals surface area contributed by atoms with Crippen molar-refractivity contribution in [3.05, 3.63) is 59.4 Å². The molecule has 2 aromatic carbocycles. The van der Waals surface area contributed by atoms with E-state index in [4.69, 9.17) is 0 Å². The van der Waals surface area contributed by atoms with Gasteiger partial charge < -0.3 is 9.88 Å². The summed E-state index contributed by atoms with van der Waals surface area (Å²) in [5.41, 5.74) is 9.37. The van der Waals surface area contributed by atoms with E-state index in [9.17, 15) is 14.4 Å². The van der Waals surface area contributed by atoms with Crippen LogP contribution in [0.3, 0.4) is 0 Å². The van der Waals surface area contributed by atoms with Crippen LogP contribution in [0.1, 0.15) is 17.0 Å². The molecule has 3 rings (SSSR count). The third-order valence-corrected chi connectivity index (χ3v) is 5.59. The van der Waals surface area contributed by atoms with Crippen molar-refractivity contribution in [2.24, 2.45) is 7.05 Å². The van der Waals surface area contributed by atoms with Gasteiger partial charge in [-0.1, -0.05) is 29.8 Å². The third-order valence-electron chi connectivity index (χ3n) is 4.66. The van der Waals surface area contributed by atoms with Gasteiger partial charge in [0.1, 0.15) is 5.82 Å². The zero-order valence-corrected chi connectivity index (χ0v) is 18.5. The van der Waals surface area contributed by atoms with E-state index in [1.807, 2.05) is 67.9 Å². The van der Waals surface area contributed by atoms with Crippen LogP contribution in [0.5, 0.6) is 0 Å². The highest BCUT2D eigenvalue weighted by Crippen LogP contribution is 2.16. The number of aryl methyl sites for hydroxylation is 3. The molecule has 3 N–H and O–H groups in total. The summed E-state index contributed by atoms with van der Waals surface area (Å²) in [6, 6.07) is 13.4. The van der Waals surface area contributed by atoms with E-state index < -0.39 is 0 Å². The SMILES string of the molecule is Cc1ccc(NC(=O)CSCC(=O)NNC(=O)Cc2nc3ccccc3n2C)c(C)c1. The summed E-state index contributed by atoms with van der Waals surface area (Å²) in [6.07, 6.45) is 0.0386. The molecule has 162 valence electrons. The fraction of sp³-hybridized carbons (Fsp3) is 0.273. The number of hydrazine groups is 1. The van der Waals surface area contributed by atoms with Crippen molar-refractivity contribution in [3.63, 3.8) is 0 Å². The molecule has 3 amide bonds. The molecule has 0 saturated carbocycles. The van der Waals surface area contributed by atoms with Gasteiger partial charge in [0, 0.05) is 12.7 Å². The van der Waals surface area contributed by atoms with Gasteiger partial charge >= 0.3 is 0 Å². The Morgan fingerprint density at radius 2 is 1.68 bits per heavy atom. The highest BCUT2D eigenvalue weighted by molar-refractivity contribution is 8.00. The number of para-hydroxylation sites is 2. The Morgan fingerprint density at radius 3 is 2.42 bits per heavy atom. The van der Waals surface area contributed by atoms with Crippen LogP contribution in [0.4, 0.5) is 5.69 Å². The maximum absolute atomic E-state index is 12.1. The number of thioether (sulfide) groups is 1. The number of amides is 3. The van der Waals surface area contributed by atoms with E-state index in [-0.39, 0.29) is 35.6 Å². The Balaban J connectivity index is 1.38. The first-order valence-corrected chi connectivity index (χ1v) is 10.9. The van der Waals surface area contributed by atoms with E-state index in [1.165, 1.54) is 11.8 Å². The van der Waals surface area contributed by atoms with Gasteiger partial charge in [0.05, 0.1) is 29.0 Å². The van der Waals surface area contributed by atoms with Gasteiger partial charge in [0.2, 0.25) is 17.7 Å². The van der Waals surface area contributed by atoms with E-state index in [0.29, 0.717) is 5.82 Å². The number of nitrogens with one attached hydrogen (secondary N) is 3. The van der Waals surface area contributed by atoms with Gasteiger partial charge in [-0.15, -0.1) is 11.8 Å². The molecule has 1 aromatic heterocycles. The molecule has 8 nitrogen and oxygen atoms in total. The molecule has 0 saturated heterocycles. The molecule has 1 heterocycles. The van der Waals surface area contributed by atoms with Crippen LogP contribution >= 0.6 is 11.8 Å². The molecule has 0 atom stereocenters. The van der Waals surface area contributed by atoms with Crippen molar-refractivity contribution in [2.45, 2.75) is 20.3 Å². The molecular formula is C22H25N5O3S. The van der Waals surface area contributed by atoms with Crippen molar-refractivity contribution in [1.29, 1.82) is 0 Å². The summed E-state index contributed by atoms with van der Waals surface area (Å²) in [6.45, 7) is 3.92. The molecule has 0 unspecified atom stereocenters. The molecule has 0 fully saturated rings. The predicted octanol–water partition coefficient (Wildman–Crippen LogP) is 2.25. The summed E-state index contributed by atoms with van der Waals surface area (Å²) in [5.74, 6) is -0.158. The van der Waals surface area contributed by atoms with Gasteiger partial charge in [-0.3, -0.25) is 25.2 Å². The smallest absolute Gasteiger partial charge is 0.248 e. The summed E-state index contributed by atoms with van der Waals surface area (Å²) in [7, 11) is 1.84. The average molecular weight is 440 g/mol. The van der Waals surface area contributed by atoms with Crippen molar-refractivity contribution in [3.8, 4) is 0 Å². The third kappa shape index (κ3) is 6.08. The van der Waals surface area contributed by atoms with E-state index in [1.54, 1.807) is 0 Å². The number of carbonyl (C=O) groups is 3. The normalized spacial score (nSPS) is 10.7. The molecule has 0 radical (unpaired) electrons. The second-order valence-corrected chi connectivity index (χ2v) is 8.19. The predicted molar refractivity (Wildman–Crippen MR) is 123 cm³/mol. The van der Waals surface area contributed by atoms with E-state index in [2.05, 4.69) is 21.2 Å². The molecule has 3 aromatic rings. The fourth-order valence-electron chi connectivity index (χ4n) is 3.09. The number of carbonyl (C=O) groups excluding carboxylic acids is 3. The van der Waals surface area contributed by atoms with Crippen LogP contribution < -0.4 is 16.2 Å². The molecule has 0 aliphatic carbocycles. The number of fused-ring (bicyclic) bond motifs is 1. The van der Waals surface area contributed by atoms with E-state index >= 15 is 0 Å². The highest BCUT2D eigenvalue weighted by Gasteiger charge is 2.13. The van der Waals surface area contributed by atoms with Crippen LogP contribution in [0, 0.1) is 13.8 Å². The van der Waals surface area contributed by atoms with Gasteiger partial charge in [-0.05, 0) is 37.6 Å². The molecule has 0 aliphatic heterocycles. The Kier molecular flexibility index (Phi) is 7.30. The van der Waals surface area contributed by atoms with Crippen LogP contribution in [0.2, 0.25) is 0 Å². The zero-order valence-electron chi connectivity index (χ0n) is 17.7. The Bertz CT molecular complexity index is 1130. The Hall–Kier alpha value is -3.33. The van der Waals surface area contributed by atoms with Gasteiger partial charge in [-0.2, -0.15) is 0 Å². The summed E-state index contributed by atoms with van der Waals surface area (Å²) in [5, 5.41) is 2.83. The quantitative estimate of drug-likeness (QED) is 0.490. The maximum atomic E-state index is 12.1. The minimum absolute atomic E-state index is 0.0386. The van der Waals surface area contributed by atoms with Crippen LogP contribution in [-0.4, -0.2) is 38.8 Å². The van der Waals surface area contributed by atoms with Gasteiger partial charge in [-0.25, -0.2) is 4.98 Å². The van der Waals surface area contributed by atoms with Crippen molar-refractivity contribution < 1.29 is 14.4 Å². The van der Waals surface area contributed by atoms with Crippen molar-refractivity contribution in [1.82, 2.24) is 20.4 Å². The number of hydrogen-bond acceptors (Lipinski definition) is 5. The standard InChI is InChI=1S/C22H25N5O3S/c1-14-8-9-16(15(2)10-14)24-21(29)12-31-13-22(30)26-25-20(28)11-19-23-17-6-4-5-7-18(17)27(19)3/h4-10H,11-13H2,1-3H3,(H,24,29)(H,25,28)(H,26,30). The second-order valence-electron chi connectivity index (χ2n) is 7.21. The highest BCUT2D eigenvalue weighted by atomic mass is 32.2. The number of hydrogen-bond donors (Lipinski definition) is 3. The molecule has 0 spiro atoms. The molecule has 31 heavy (non-hydrogen) atoms. The van der Waals surface area contributed by atoms with E-state index in [0.717, 1.165) is 27.8 Å². The first-order valence-electron chi connectivity index (χ1n) is 9.76. The maximum Gasteiger partial charge on any atom is 0.248 e.